The monoisotopic (exact) mass is 474 g/mol. The van der Waals surface area contributed by atoms with Crippen LogP contribution in [0.5, 0.6) is 17.2 Å². The molecule has 180 valence electrons. The first-order valence-corrected chi connectivity index (χ1v) is 11.2. The van der Waals surface area contributed by atoms with Gasteiger partial charge in [0.15, 0.2) is 11.5 Å². The molecule has 2 N–H and O–H groups in total. The molecule has 0 fully saturated rings. The smallest absolute Gasteiger partial charge is 0.293 e. The summed E-state index contributed by atoms with van der Waals surface area (Å²) < 4.78 is 22.3. The van der Waals surface area contributed by atoms with Crippen molar-refractivity contribution in [3.05, 3.63) is 78.1 Å². The van der Waals surface area contributed by atoms with Gasteiger partial charge < -0.3 is 29.3 Å². The zero-order valence-electron chi connectivity index (χ0n) is 19.7. The highest BCUT2D eigenvalue weighted by atomic mass is 16.5. The average Bonchev–Trinajstić information content (AvgIpc) is 3.24. The first-order chi connectivity index (χ1) is 17.0. The largest absolute Gasteiger partial charge is 0.497 e. The van der Waals surface area contributed by atoms with E-state index in [4.69, 9.17) is 18.6 Å². The summed E-state index contributed by atoms with van der Waals surface area (Å²) in [6.07, 6.45) is 0. The fraction of sp³-hybridized carbons (Fsp3) is 0.185. The van der Waals surface area contributed by atoms with Crippen molar-refractivity contribution in [1.29, 1.82) is 0 Å². The summed E-state index contributed by atoms with van der Waals surface area (Å²) in [7, 11) is 1.55. The van der Waals surface area contributed by atoms with Crippen LogP contribution in [-0.4, -0.2) is 32.1 Å². The van der Waals surface area contributed by atoms with Crippen LogP contribution in [0.2, 0.25) is 0 Å². The molecule has 2 amide bonds. The van der Waals surface area contributed by atoms with Crippen molar-refractivity contribution in [3.63, 3.8) is 0 Å². The molecule has 4 rings (SSSR count). The lowest BCUT2D eigenvalue weighted by Gasteiger charge is -2.13. The molecule has 8 heteroatoms. The number of hydrogen-bond acceptors (Lipinski definition) is 6. The Bertz CT molecular complexity index is 1360. The van der Waals surface area contributed by atoms with Crippen molar-refractivity contribution in [1.82, 2.24) is 0 Å². The van der Waals surface area contributed by atoms with Gasteiger partial charge >= 0.3 is 0 Å². The highest BCUT2D eigenvalue weighted by Gasteiger charge is 2.23. The number of fused-ring (bicyclic) bond motifs is 1. The number of methoxy groups -OCH3 is 1. The molecule has 0 aliphatic heterocycles. The maximum atomic E-state index is 13.2. The molecular weight excluding hydrogens is 448 g/mol. The molecule has 0 saturated heterocycles. The number of rotatable bonds is 9. The van der Waals surface area contributed by atoms with Crippen molar-refractivity contribution in [3.8, 4) is 17.2 Å². The van der Waals surface area contributed by atoms with Crippen LogP contribution in [0.3, 0.4) is 0 Å². The molecule has 0 unspecified atom stereocenters. The first kappa shape index (κ1) is 23.7. The third-order valence-electron chi connectivity index (χ3n) is 5.17. The topological polar surface area (TPSA) is 99.0 Å². The highest BCUT2D eigenvalue weighted by molar-refractivity contribution is 6.17. The minimum atomic E-state index is -0.508. The van der Waals surface area contributed by atoms with Crippen LogP contribution in [-0.2, 0) is 0 Å². The SMILES string of the molecule is CCOc1ccc(C(=O)Nc2c(C(=O)Nc3cccc(OC)c3)oc3ccccc23)cc1OCC. The normalized spacial score (nSPS) is 10.6. The van der Waals surface area contributed by atoms with Gasteiger partial charge in [-0.05, 0) is 56.3 Å². The van der Waals surface area contributed by atoms with Gasteiger partial charge in [0.2, 0.25) is 5.76 Å². The van der Waals surface area contributed by atoms with E-state index in [1.165, 1.54) is 0 Å². The molecule has 4 aromatic rings. The van der Waals surface area contributed by atoms with Gasteiger partial charge in [-0.25, -0.2) is 0 Å². The Labute approximate surface area is 202 Å². The Balaban J connectivity index is 1.66. The van der Waals surface area contributed by atoms with Crippen molar-refractivity contribution < 1.29 is 28.2 Å². The molecule has 0 spiro atoms. The number of carbonyl (C=O) groups is 2. The quantitative estimate of drug-likeness (QED) is 0.321. The number of ether oxygens (including phenoxy) is 3. The number of amides is 2. The van der Waals surface area contributed by atoms with E-state index in [0.29, 0.717) is 52.7 Å². The predicted molar refractivity (Wildman–Crippen MR) is 134 cm³/mol. The fourth-order valence-electron chi connectivity index (χ4n) is 3.60. The van der Waals surface area contributed by atoms with Gasteiger partial charge in [0.1, 0.15) is 17.0 Å². The lowest BCUT2D eigenvalue weighted by molar-refractivity contribution is 0.0999. The Morgan fingerprint density at radius 3 is 2.37 bits per heavy atom. The summed E-state index contributed by atoms with van der Waals surface area (Å²) in [5, 5.41) is 6.24. The summed E-state index contributed by atoms with van der Waals surface area (Å²) in [5.41, 5.74) is 1.62. The third-order valence-corrected chi connectivity index (χ3v) is 5.17. The zero-order valence-corrected chi connectivity index (χ0v) is 19.7. The molecule has 35 heavy (non-hydrogen) atoms. The summed E-state index contributed by atoms with van der Waals surface area (Å²) in [6, 6.07) is 19.0. The summed E-state index contributed by atoms with van der Waals surface area (Å²) in [4.78, 5) is 26.3. The van der Waals surface area contributed by atoms with E-state index in [-0.39, 0.29) is 11.4 Å². The van der Waals surface area contributed by atoms with Crippen molar-refractivity contribution in [2.45, 2.75) is 13.8 Å². The lowest BCUT2D eigenvalue weighted by atomic mass is 10.1. The van der Waals surface area contributed by atoms with Crippen LogP contribution in [0.25, 0.3) is 11.0 Å². The zero-order chi connectivity index (χ0) is 24.8. The number of furan rings is 1. The van der Waals surface area contributed by atoms with Crippen LogP contribution < -0.4 is 24.8 Å². The van der Waals surface area contributed by atoms with Gasteiger partial charge in [-0.15, -0.1) is 0 Å². The molecule has 0 aliphatic rings. The van der Waals surface area contributed by atoms with Crippen molar-refractivity contribution in [2.75, 3.05) is 31.0 Å². The number of anilines is 2. The van der Waals surface area contributed by atoms with Crippen molar-refractivity contribution >= 4 is 34.2 Å². The molecule has 0 aliphatic carbocycles. The lowest BCUT2D eigenvalue weighted by Crippen LogP contribution is -2.17. The van der Waals surface area contributed by atoms with Crippen LogP contribution in [0.4, 0.5) is 11.4 Å². The second-order valence-corrected chi connectivity index (χ2v) is 7.47. The predicted octanol–water partition coefficient (Wildman–Crippen LogP) is 5.74. The molecule has 0 bridgehead atoms. The van der Waals surface area contributed by atoms with Gasteiger partial charge in [0.25, 0.3) is 11.8 Å². The van der Waals surface area contributed by atoms with E-state index >= 15 is 0 Å². The number of hydrogen-bond donors (Lipinski definition) is 2. The van der Waals surface area contributed by atoms with Gasteiger partial charge in [-0.2, -0.15) is 0 Å². The molecule has 0 atom stereocenters. The molecule has 1 heterocycles. The molecule has 3 aromatic carbocycles. The van der Waals surface area contributed by atoms with E-state index in [0.717, 1.165) is 0 Å². The molecule has 0 saturated carbocycles. The molecule has 1 aromatic heterocycles. The van der Waals surface area contributed by atoms with Crippen LogP contribution in [0.15, 0.2) is 71.1 Å². The molecule has 8 nitrogen and oxygen atoms in total. The Hall–Kier alpha value is -4.46. The average molecular weight is 475 g/mol. The van der Waals surface area contributed by atoms with Crippen LogP contribution >= 0.6 is 0 Å². The Morgan fingerprint density at radius 2 is 1.60 bits per heavy atom. The summed E-state index contributed by atoms with van der Waals surface area (Å²) in [6.45, 7) is 4.62. The van der Waals surface area contributed by atoms with Crippen molar-refractivity contribution in [2.24, 2.45) is 0 Å². The highest BCUT2D eigenvalue weighted by Crippen LogP contribution is 2.33. The fourth-order valence-corrected chi connectivity index (χ4v) is 3.60. The van der Waals surface area contributed by atoms with E-state index in [9.17, 15) is 9.59 Å². The second-order valence-electron chi connectivity index (χ2n) is 7.47. The minimum absolute atomic E-state index is 0.0154. The van der Waals surface area contributed by atoms with E-state index in [2.05, 4.69) is 10.6 Å². The standard InChI is InChI=1S/C27H26N2O6/c1-4-33-22-14-13-17(15-23(22)34-5-2)26(30)29-24-20-11-6-7-12-21(20)35-25(24)27(31)28-18-9-8-10-19(16-18)32-3/h6-16H,4-5H2,1-3H3,(H,28,31)(H,29,30). The van der Waals surface area contributed by atoms with E-state index in [1.807, 2.05) is 13.8 Å². The summed E-state index contributed by atoms with van der Waals surface area (Å²) >= 11 is 0. The van der Waals surface area contributed by atoms with Gasteiger partial charge in [-0.3, -0.25) is 9.59 Å². The second kappa shape index (κ2) is 10.6. The number of nitrogens with one attached hydrogen (secondary N) is 2. The number of para-hydroxylation sites is 1. The minimum Gasteiger partial charge on any atom is -0.497 e. The van der Waals surface area contributed by atoms with Gasteiger partial charge in [-0.1, -0.05) is 18.2 Å². The third kappa shape index (κ3) is 5.22. The molecule has 0 radical (unpaired) electrons. The maximum Gasteiger partial charge on any atom is 0.293 e. The van der Waals surface area contributed by atoms with E-state index < -0.39 is 11.8 Å². The first-order valence-electron chi connectivity index (χ1n) is 11.2. The van der Waals surface area contributed by atoms with Gasteiger partial charge in [0.05, 0.1) is 20.3 Å². The number of carbonyl (C=O) groups excluding carboxylic acids is 2. The summed E-state index contributed by atoms with van der Waals surface area (Å²) in [5.74, 6) is 0.676. The Kier molecular flexibility index (Phi) is 7.21. The Morgan fingerprint density at radius 1 is 0.829 bits per heavy atom. The van der Waals surface area contributed by atoms with Crippen LogP contribution in [0.1, 0.15) is 34.8 Å². The number of benzene rings is 3. The molecular formula is C27H26N2O6. The van der Waals surface area contributed by atoms with Crippen LogP contribution in [0, 0.1) is 0 Å². The van der Waals surface area contributed by atoms with E-state index in [1.54, 1.807) is 73.8 Å². The maximum absolute atomic E-state index is 13.2. The van der Waals surface area contributed by atoms with Gasteiger partial charge in [0, 0.05) is 22.7 Å².